The van der Waals surface area contributed by atoms with Crippen LogP contribution in [0.15, 0.2) is 60.9 Å². The molecule has 5 nitrogen and oxygen atoms in total. The van der Waals surface area contributed by atoms with Crippen molar-refractivity contribution in [3.8, 4) is 5.75 Å². The first kappa shape index (κ1) is 12.2. The van der Waals surface area contributed by atoms with Gasteiger partial charge in [-0.15, -0.1) is 0 Å². The molecule has 0 bridgehead atoms. The van der Waals surface area contributed by atoms with Gasteiger partial charge in [0.25, 0.3) is 5.91 Å². The number of amides is 3. The molecular weight excluding hydrogens is 256 g/mol. The van der Waals surface area contributed by atoms with Gasteiger partial charge in [0.15, 0.2) is 5.54 Å². The molecule has 1 aromatic carbocycles. The zero-order valence-electron chi connectivity index (χ0n) is 10.6. The molecule has 0 radical (unpaired) electrons. The van der Waals surface area contributed by atoms with Gasteiger partial charge in [0.05, 0.1) is 0 Å². The van der Waals surface area contributed by atoms with E-state index < -0.39 is 17.5 Å². The first-order valence-corrected chi connectivity index (χ1v) is 6.04. The zero-order valence-corrected chi connectivity index (χ0v) is 10.6. The molecule has 5 heteroatoms. The van der Waals surface area contributed by atoms with Crippen molar-refractivity contribution in [2.75, 3.05) is 0 Å². The van der Waals surface area contributed by atoms with Gasteiger partial charge < -0.3 is 10.1 Å². The lowest BCUT2D eigenvalue weighted by Gasteiger charge is -2.34. The molecule has 1 aromatic rings. The molecule has 3 amide bonds. The first-order chi connectivity index (χ1) is 9.63. The Bertz CT molecular complexity index is 690. The lowest BCUT2D eigenvalue weighted by Crippen LogP contribution is -2.47. The summed E-state index contributed by atoms with van der Waals surface area (Å²) in [5.41, 5.74) is -0.268. The Hall–Kier alpha value is -2.82. The van der Waals surface area contributed by atoms with Crippen LogP contribution in [-0.2, 0) is 10.3 Å². The number of carbonyl (C=O) groups excluding carboxylic acids is 2. The number of carbonyl (C=O) groups is 2. The number of imide groups is 1. The van der Waals surface area contributed by atoms with Crippen LogP contribution >= 0.6 is 0 Å². The molecule has 1 saturated heterocycles. The number of nitrogens with one attached hydrogen (secondary N) is 2. The van der Waals surface area contributed by atoms with E-state index in [1.54, 1.807) is 24.3 Å². The van der Waals surface area contributed by atoms with E-state index in [0.717, 1.165) is 0 Å². The molecular formula is C15H12N2O3. The van der Waals surface area contributed by atoms with Crippen molar-refractivity contribution >= 4 is 11.9 Å². The molecule has 3 rings (SSSR count). The summed E-state index contributed by atoms with van der Waals surface area (Å²) in [5.74, 6) is 0.453. The Morgan fingerprint density at radius 1 is 1.15 bits per heavy atom. The molecule has 1 spiro atoms. The second-order valence-corrected chi connectivity index (χ2v) is 4.44. The second-order valence-electron chi connectivity index (χ2n) is 4.44. The van der Waals surface area contributed by atoms with E-state index in [-0.39, 0.29) is 0 Å². The lowest BCUT2D eigenvalue weighted by atomic mass is 9.79. The van der Waals surface area contributed by atoms with Crippen molar-refractivity contribution in [3.63, 3.8) is 0 Å². The third-order valence-corrected chi connectivity index (χ3v) is 3.44. The molecule has 2 N–H and O–H groups in total. The van der Waals surface area contributed by atoms with E-state index in [2.05, 4.69) is 23.8 Å². The molecule has 2 aliphatic heterocycles. The van der Waals surface area contributed by atoms with Crippen molar-refractivity contribution in [2.45, 2.75) is 5.54 Å². The van der Waals surface area contributed by atoms with Gasteiger partial charge in [0.1, 0.15) is 11.5 Å². The number of fused-ring (bicyclic) bond motifs is 2. The maximum Gasteiger partial charge on any atom is 0.322 e. The normalized spacial score (nSPS) is 23.8. The zero-order chi connectivity index (χ0) is 14.3. The first-order valence-electron chi connectivity index (χ1n) is 6.04. The smallest absolute Gasteiger partial charge is 0.322 e. The maximum absolute atomic E-state index is 12.4. The molecule has 2 aliphatic rings. The summed E-state index contributed by atoms with van der Waals surface area (Å²) in [6, 6.07) is 6.50. The van der Waals surface area contributed by atoms with E-state index in [0.29, 0.717) is 22.6 Å². The standard InChI is InChI=1S/C15H12N2O3/c1-3-9-11(4-2)20-12-8-6-5-7-10(12)15(9)13(18)16-14(19)17-15/h3-8H,1-2H2,(H2,16,17,18,19)/t15-/m1/s1. The summed E-state index contributed by atoms with van der Waals surface area (Å²) in [5, 5.41) is 4.95. The molecule has 20 heavy (non-hydrogen) atoms. The predicted molar refractivity (Wildman–Crippen MR) is 72.8 cm³/mol. The Balaban J connectivity index is 2.36. The maximum atomic E-state index is 12.4. The fourth-order valence-electron chi connectivity index (χ4n) is 2.61. The topological polar surface area (TPSA) is 67.4 Å². The summed E-state index contributed by atoms with van der Waals surface area (Å²) >= 11 is 0. The number of ether oxygens (including phenoxy) is 1. The van der Waals surface area contributed by atoms with Crippen LogP contribution in [0.1, 0.15) is 5.56 Å². The fourth-order valence-corrected chi connectivity index (χ4v) is 2.61. The minimum atomic E-state index is -1.31. The largest absolute Gasteiger partial charge is 0.457 e. The van der Waals surface area contributed by atoms with Crippen molar-refractivity contribution < 1.29 is 14.3 Å². The van der Waals surface area contributed by atoms with Crippen molar-refractivity contribution in [2.24, 2.45) is 0 Å². The van der Waals surface area contributed by atoms with E-state index in [4.69, 9.17) is 4.74 Å². The number of para-hydroxylation sites is 1. The highest BCUT2D eigenvalue weighted by Crippen LogP contribution is 2.44. The Labute approximate surface area is 115 Å². The van der Waals surface area contributed by atoms with E-state index >= 15 is 0 Å². The summed E-state index contributed by atoms with van der Waals surface area (Å²) < 4.78 is 5.71. The fraction of sp³-hybridized carbons (Fsp3) is 0.0667. The van der Waals surface area contributed by atoms with E-state index in [1.807, 2.05) is 0 Å². The van der Waals surface area contributed by atoms with Gasteiger partial charge in [0.2, 0.25) is 0 Å². The summed E-state index contributed by atoms with van der Waals surface area (Å²) in [6.45, 7) is 7.40. The van der Waals surface area contributed by atoms with Crippen LogP contribution in [0, 0.1) is 0 Å². The average molecular weight is 268 g/mol. The highest BCUT2D eigenvalue weighted by molar-refractivity contribution is 6.10. The molecule has 1 atom stereocenters. The van der Waals surface area contributed by atoms with Gasteiger partial charge in [-0.2, -0.15) is 0 Å². The number of urea groups is 1. The SMILES string of the molecule is C=CC1=C(C=C)[C@@]2(NC(=O)NC2=O)c2ccccc2O1. The summed E-state index contributed by atoms with van der Waals surface area (Å²) in [7, 11) is 0. The molecule has 0 aromatic heterocycles. The van der Waals surface area contributed by atoms with Gasteiger partial charge in [-0.05, 0) is 12.1 Å². The van der Waals surface area contributed by atoms with Crippen LogP contribution in [0.25, 0.3) is 0 Å². The number of benzene rings is 1. The van der Waals surface area contributed by atoms with Crippen LogP contribution in [0.3, 0.4) is 0 Å². The Kier molecular flexibility index (Phi) is 2.50. The molecule has 1 fully saturated rings. The number of allylic oxidation sites excluding steroid dienone is 1. The number of rotatable bonds is 2. The number of hydrogen-bond donors (Lipinski definition) is 2. The Morgan fingerprint density at radius 2 is 1.90 bits per heavy atom. The van der Waals surface area contributed by atoms with Gasteiger partial charge in [-0.1, -0.05) is 37.4 Å². The minimum Gasteiger partial charge on any atom is -0.457 e. The van der Waals surface area contributed by atoms with E-state index in [9.17, 15) is 9.59 Å². The molecule has 100 valence electrons. The molecule has 2 heterocycles. The van der Waals surface area contributed by atoms with Crippen molar-refractivity contribution in [3.05, 3.63) is 66.5 Å². The third kappa shape index (κ3) is 1.37. The Morgan fingerprint density at radius 3 is 2.50 bits per heavy atom. The van der Waals surface area contributed by atoms with Gasteiger partial charge in [-0.25, -0.2) is 4.79 Å². The van der Waals surface area contributed by atoms with Crippen LogP contribution in [0.4, 0.5) is 4.79 Å². The third-order valence-electron chi connectivity index (χ3n) is 3.44. The van der Waals surface area contributed by atoms with E-state index in [1.165, 1.54) is 12.2 Å². The molecule has 0 saturated carbocycles. The number of hydrogen-bond acceptors (Lipinski definition) is 3. The van der Waals surface area contributed by atoms with Gasteiger partial charge in [-0.3, -0.25) is 10.1 Å². The molecule has 0 unspecified atom stereocenters. The van der Waals surface area contributed by atoms with Gasteiger partial charge >= 0.3 is 6.03 Å². The monoisotopic (exact) mass is 268 g/mol. The lowest BCUT2D eigenvalue weighted by molar-refractivity contribution is -0.123. The van der Waals surface area contributed by atoms with Crippen LogP contribution in [0.5, 0.6) is 5.75 Å². The second kappa shape index (κ2) is 4.09. The van der Waals surface area contributed by atoms with Crippen molar-refractivity contribution in [1.29, 1.82) is 0 Å². The predicted octanol–water partition coefficient (Wildman–Crippen LogP) is 1.74. The van der Waals surface area contributed by atoms with Gasteiger partial charge in [0, 0.05) is 11.1 Å². The van der Waals surface area contributed by atoms with Crippen molar-refractivity contribution in [1.82, 2.24) is 10.6 Å². The summed E-state index contributed by atoms with van der Waals surface area (Å²) in [6.07, 6.45) is 2.99. The minimum absolute atomic E-state index is 0.399. The quantitative estimate of drug-likeness (QED) is 0.803. The molecule has 0 aliphatic carbocycles. The summed E-state index contributed by atoms with van der Waals surface area (Å²) in [4.78, 5) is 24.0. The highest BCUT2D eigenvalue weighted by Gasteiger charge is 2.54. The van der Waals surface area contributed by atoms with Crippen LogP contribution in [-0.4, -0.2) is 11.9 Å². The highest BCUT2D eigenvalue weighted by atomic mass is 16.5. The van der Waals surface area contributed by atoms with Crippen LogP contribution < -0.4 is 15.4 Å². The average Bonchev–Trinajstić information content (AvgIpc) is 2.74. The van der Waals surface area contributed by atoms with Crippen LogP contribution in [0.2, 0.25) is 0 Å².